The second-order valence-corrected chi connectivity index (χ2v) is 8.70. The second kappa shape index (κ2) is 7.33. The van der Waals surface area contributed by atoms with Crippen molar-refractivity contribution in [2.75, 3.05) is 16.7 Å². The van der Waals surface area contributed by atoms with E-state index in [-0.39, 0.29) is 9.20 Å². The van der Waals surface area contributed by atoms with Crippen LogP contribution in [0.4, 0.5) is 11.4 Å². The van der Waals surface area contributed by atoms with Crippen molar-refractivity contribution in [1.29, 1.82) is 0 Å². The molecule has 0 saturated carbocycles. The van der Waals surface area contributed by atoms with E-state index in [1.807, 2.05) is 26.0 Å². The molecule has 24 heavy (non-hydrogen) atoms. The van der Waals surface area contributed by atoms with Crippen molar-refractivity contribution in [3.05, 3.63) is 53.0 Å². The van der Waals surface area contributed by atoms with Gasteiger partial charge in [-0.1, -0.05) is 30.4 Å². The number of hydrogen-bond acceptors (Lipinski definition) is 5. The monoisotopic (exact) mass is 381 g/mol. The number of allylic oxidation sites excluding steroid dienone is 1. The maximum atomic E-state index is 12.8. The molecular weight excluding hydrogens is 362 g/mol. The number of nitrogens with zero attached hydrogens (tertiary/aromatic N) is 1. The van der Waals surface area contributed by atoms with E-state index in [0.717, 1.165) is 5.56 Å². The quantitative estimate of drug-likeness (QED) is 0.592. The fourth-order valence-corrected chi connectivity index (χ4v) is 4.66. The van der Waals surface area contributed by atoms with Crippen LogP contribution in [0.25, 0.3) is 0 Å². The Hall–Kier alpha value is -1.90. The van der Waals surface area contributed by atoms with Gasteiger partial charge in [0.1, 0.15) is 9.20 Å². The molecule has 0 fully saturated rings. The number of sulfonamides is 1. The Bertz CT molecular complexity index is 872. The Balaban J connectivity index is 2.49. The van der Waals surface area contributed by atoms with Gasteiger partial charge in [0.05, 0.1) is 17.1 Å². The van der Waals surface area contributed by atoms with Crippen molar-refractivity contribution in [1.82, 2.24) is 0 Å². The summed E-state index contributed by atoms with van der Waals surface area (Å²) >= 11 is 6.20. The van der Waals surface area contributed by atoms with E-state index in [4.69, 9.17) is 18.0 Å². The van der Waals surface area contributed by atoms with Gasteiger partial charge in [0.2, 0.25) is 0 Å². The fourth-order valence-electron chi connectivity index (χ4n) is 2.12. The smallest absolute Gasteiger partial charge is 0.273 e. The molecule has 0 atom stereocenters. The highest BCUT2D eigenvalue weighted by Crippen LogP contribution is 2.32. The average molecular weight is 382 g/mol. The summed E-state index contributed by atoms with van der Waals surface area (Å²) in [6, 6.07) is 8.78. The number of nitrogens with two attached hydrogens (primary N) is 1. The zero-order valence-corrected chi connectivity index (χ0v) is 16.1. The molecule has 0 unspecified atom stereocenters. The van der Waals surface area contributed by atoms with Gasteiger partial charge in [-0.25, -0.2) is 8.42 Å². The molecule has 0 bridgehead atoms. The van der Waals surface area contributed by atoms with E-state index >= 15 is 0 Å². The Labute approximate surface area is 151 Å². The van der Waals surface area contributed by atoms with Gasteiger partial charge >= 0.3 is 0 Å². The summed E-state index contributed by atoms with van der Waals surface area (Å²) in [7, 11) is -2.09. The van der Waals surface area contributed by atoms with E-state index in [1.165, 1.54) is 22.7 Å². The standard InChI is InChI=1S/C16H19N3O2S3/c1-4-12(16(17)22)18-13-10-11(2)7-8-14(13)19(3)24(20,21)15-6-5-9-23-15/h4-10,18H,1-3H3,(H2,17,22)/b12-4-. The van der Waals surface area contributed by atoms with Gasteiger partial charge in [-0.15, -0.1) is 11.3 Å². The summed E-state index contributed by atoms with van der Waals surface area (Å²) in [5.41, 5.74) is 8.39. The van der Waals surface area contributed by atoms with Crippen LogP contribution in [0.2, 0.25) is 0 Å². The third-order valence-electron chi connectivity index (χ3n) is 3.42. The Morgan fingerprint density at radius 1 is 1.38 bits per heavy atom. The lowest BCUT2D eigenvalue weighted by atomic mass is 10.2. The van der Waals surface area contributed by atoms with Gasteiger partial charge in [-0.3, -0.25) is 4.31 Å². The van der Waals surface area contributed by atoms with Crippen LogP contribution in [0.15, 0.2) is 51.7 Å². The largest absolute Gasteiger partial charge is 0.388 e. The molecule has 0 aliphatic rings. The van der Waals surface area contributed by atoms with Crippen LogP contribution < -0.4 is 15.4 Å². The molecule has 0 saturated heterocycles. The zero-order chi connectivity index (χ0) is 17.9. The Morgan fingerprint density at radius 3 is 2.62 bits per heavy atom. The number of rotatable bonds is 6. The first-order valence-corrected chi connectivity index (χ1v) is 9.86. The normalized spacial score (nSPS) is 12.0. The SMILES string of the molecule is C/C=C(\Nc1cc(C)ccc1N(C)S(=O)(=O)c1cccs1)C(N)=S. The number of hydrogen-bond donors (Lipinski definition) is 2. The van der Waals surface area contributed by atoms with Crippen molar-refractivity contribution < 1.29 is 8.42 Å². The Morgan fingerprint density at radius 2 is 2.08 bits per heavy atom. The van der Waals surface area contributed by atoms with E-state index in [0.29, 0.717) is 17.1 Å². The van der Waals surface area contributed by atoms with E-state index < -0.39 is 10.0 Å². The fraction of sp³-hybridized carbons (Fsp3) is 0.188. The minimum atomic E-state index is -3.62. The molecule has 2 rings (SSSR count). The zero-order valence-electron chi connectivity index (χ0n) is 13.6. The summed E-state index contributed by atoms with van der Waals surface area (Å²) in [4.78, 5) is 0.216. The van der Waals surface area contributed by atoms with Gasteiger partial charge < -0.3 is 11.1 Å². The third-order valence-corrected chi connectivity index (χ3v) is 6.79. The highest BCUT2D eigenvalue weighted by atomic mass is 32.2. The van der Waals surface area contributed by atoms with Crippen LogP contribution in [-0.2, 0) is 10.0 Å². The Kier molecular flexibility index (Phi) is 5.63. The molecule has 1 aromatic heterocycles. The number of nitrogens with one attached hydrogen (secondary N) is 1. The first kappa shape index (κ1) is 18.4. The van der Waals surface area contributed by atoms with E-state index in [9.17, 15) is 8.42 Å². The molecule has 0 amide bonds. The van der Waals surface area contributed by atoms with Crippen molar-refractivity contribution >= 4 is 49.9 Å². The number of thiophene rings is 1. The lowest BCUT2D eigenvalue weighted by Gasteiger charge is -2.23. The molecular formula is C16H19N3O2S3. The predicted molar refractivity (Wildman–Crippen MR) is 105 cm³/mol. The van der Waals surface area contributed by atoms with Gasteiger partial charge in [-0.05, 0) is 43.0 Å². The van der Waals surface area contributed by atoms with Crippen molar-refractivity contribution in [2.45, 2.75) is 18.1 Å². The maximum Gasteiger partial charge on any atom is 0.273 e. The van der Waals surface area contributed by atoms with Gasteiger partial charge in [0, 0.05) is 7.05 Å². The molecule has 0 aliphatic carbocycles. The molecule has 0 aliphatic heterocycles. The van der Waals surface area contributed by atoms with Crippen molar-refractivity contribution in [3.63, 3.8) is 0 Å². The lowest BCUT2D eigenvalue weighted by Crippen LogP contribution is -2.27. The van der Waals surface area contributed by atoms with Crippen LogP contribution in [0.3, 0.4) is 0 Å². The first-order valence-electron chi connectivity index (χ1n) is 7.13. The highest BCUT2D eigenvalue weighted by Gasteiger charge is 2.24. The number of anilines is 2. The third kappa shape index (κ3) is 3.77. The van der Waals surface area contributed by atoms with Crippen molar-refractivity contribution in [3.8, 4) is 0 Å². The van der Waals surface area contributed by atoms with Gasteiger partial charge in [0.15, 0.2) is 0 Å². The molecule has 1 aromatic carbocycles. The first-order chi connectivity index (χ1) is 11.3. The average Bonchev–Trinajstić information content (AvgIpc) is 3.07. The molecule has 2 aromatic rings. The van der Waals surface area contributed by atoms with E-state index in [2.05, 4.69) is 5.32 Å². The predicted octanol–water partition coefficient (Wildman–Crippen LogP) is 3.48. The lowest BCUT2D eigenvalue weighted by molar-refractivity contribution is 0.596. The molecule has 3 N–H and O–H groups in total. The van der Waals surface area contributed by atoms with Gasteiger partial charge in [0.25, 0.3) is 10.0 Å². The molecule has 0 radical (unpaired) electrons. The molecule has 0 spiro atoms. The number of thiocarbonyl (C=S) groups is 1. The van der Waals surface area contributed by atoms with Crippen LogP contribution >= 0.6 is 23.6 Å². The van der Waals surface area contributed by atoms with Crippen LogP contribution in [0.5, 0.6) is 0 Å². The summed E-state index contributed by atoms with van der Waals surface area (Å²) < 4.78 is 27.1. The second-order valence-electron chi connectivity index (χ2n) is 5.12. The number of benzene rings is 1. The van der Waals surface area contributed by atoms with E-state index in [1.54, 1.807) is 29.7 Å². The summed E-state index contributed by atoms with van der Waals surface area (Å²) in [5.74, 6) is 0. The minimum Gasteiger partial charge on any atom is -0.388 e. The summed E-state index contributed by atoms with van der Waals surface area (Å²) in [6.45, 7) is 3.74. The maximum absolute atomic E-state index is 12.8. The highest BCUT2D eigenvalue weighted by molar-refractivity contribution is 7.94. The molecule has 8 heteroatoms. The topological polar surface area (TPSA) is 75.4 Å². The molecule has 128 valence electrons. The molecule has 5 nitrogen and oxygen atoms in total. The summed E-state index contributed by atoms with van der Waals surface area (Å²) in [5, 5.41) is 4.86. The van der Waals surface area contributed by atoms with Crippen LogP contribution in [0.1, 0.15) is 12.5 Å². The molecule has 1 heterocycles. The summed E-state index contributed by atoms with van der Waals surface area (Å²) in [6.07, 6.45) is 1.75. The number of aryl methyl sites for hydroxylation is 1. The van der Waals surface area contributed by atoms with Gasteiger partial charge in [-0.2, -0.15) is 0 Å². The van der Waals surface area contributed by atoms with Crippen LogP contribution in [-0.4, -0.2) is 20.5 Å². The van der Waals surface area contributed by atoms with Crippen LogP contribution in [0, 0.1) is 6.92 Å². The van der Waals surface area contributed by atoms with Crippen molar-refractivity contribution in [2.24, 2.45) is 5.73 Å². The minimum absolute atomic E-state index is 0.216.